The molecule has 0 aliphatic carbocycles. The maximum absolute atomic E-state index is 13.6. The summed E-state index contributed by atoms with van der Waals surface area (Å²) in [5.41, 5.74) is 6.17. The zero-order chi connectivity index (χ0) is 34.1. The number of carboxylic acids is 2. The number of furan rings is 2. The number of nitrogens with one attached hydrogen (secondary N) is 2. The van der Waals surface area contributed by atoms with Crippen molar-refractivity contribution in [2.75, 3.05) is 10.9 Å². The van der Waals surface area contributed by atoms with Gasteiger partial charge in [-0.2, -0.15) is 0 Å². The Labute approximate surface area is 282 Å². The lowest BCUT2D eigenvalue weighted by atomic mass is 10.1. The Hall–Kier alpha value is -5.22. The second-order valence-electron chi connectivity index (χ2n) is 11.2. The number of amides is 2. The Morgan fingerprint density at radius 1 is 0.771 bits per heavy atom. The zero-order valence-corrected chi connectivity index (χ0v) is 27.2. The summed E-state index contributed by atoms with van der Waals surface area (Å²) in [6.07, 6.45) is 9.19. The third-order valence-electron chi connectivity index (χ3n) is 7.68. The van der Waals surface area contributed by atoms with Crippen LogP contribution in [0.25, 0.3) is 22.9 Å². The second-order valence-corrected chi connectivity index (χ2v) is 14.5. The fourth-order valence-corrected chi connectivity index (χ4v) is 8.16. The number of rotatable bonds is 12. The van der Waals surface area contributed by atoms with Gasteiger partial charge in [0.2, 0.25) is 0 Å². The van der Waals surface area contributed by atoms with Gasteiger partial charge in [-0.3, -0.25) is 30.0 Å². The van der Waals surface area contributed by atoms with E-state index in [4.69, 9.17) is 8.83 Å². The number of carbonyl (C=O) groups excluding carboxylic acids is 2. The highest BCUT2D eigenvalue weighted by atomic mass is 32.2. The molecule has 0 spiro atoms. The summed E-state index contributed by atoms with van der Waals surface area (Å²) in [5, 5.41) is 29.7. The Morgan fingerprint density at radius 3 is 1.54 bits per heavy atom. The average Bonchev–Trinajstić information content (AvgIpc) is 3.84. The van der Waals surface area contributed by atoms with Crippen LogP contribution in [0.1, 0.15) is 38.2 Å². The number of fused-ring (bicyclic) bond motifs is 1. The monoisotopic (exact) mass is 690 g/mol. The van der Waals surface area contributed by atoms with Gasteiger partial charge in [0.15, 0.2) is 11.6 Å². The van der Waals surface area contributed by atoms with Crippen molar-refractivity contribution >= 4 is 81.8 Å². The Morgan fingerprint density at radius 2 is 1.19 bits per heavy atom. The average molecular weight is 691 g/mol. The number of hydrogen-bond donors (Lipinski definition) is 4. The molecule has 2 fully saturated rings. The molecule has 2 saturated heterocycles. The van der Waals surface area contributed by atoms with Gasteiger partial charge in [-0.05, 0) is 62.4 Å². The number of anilines is 2. The van der Waals surface area contributed by atoms with Crippen LogP contribution in [0.2, 0.25) is 0 Å². The molecule has 4 N–H and O–H groups in total. The van der Waals surface area contributed by atoms with Crippen molar-refractivity contribution in [2.24, 2.45) is 0 Å². The van der Waals surface area contributed by atoms with Crippen LogP contribution in [0.15, 0.2) is 82.0 Å². The normalized spacial score (nSPS) is 24.4. The van der Waals surface area contributed by atoms with Crippen molar-refractivity contribution in [1.29, 1.82) is 0 Å². The molecule has 14 nitrogen and oxygen atoms in total. The predicted molar refractivity (Wildman–Crippen MR) is 180 cm³/mol. The molecule has 48 heavy (non-hydrogen) atoms. The lowest BCUT2D eigenvalue weighted by molar-refractivity contribution is -0.140. The van der Waals surface area contributed by atoms with Crippen molar-refractivity contribution < 1.29 is 38.2 Å². The lowest BCUT2D eigenvalue weighted by Crippen LogP contribution is -2.46. The molecule has 4 atom stereocenters. The van der Waals surface area contributed by atoms with Crippen LogP contribution < -0.4 is 10.9 Å². The quantitative estimate of drug-likeness (QED) is 0.152. The summed E-state index contributed by atoms with van der Waals surface area (Å²) < 4.78 is 10.8. The van der Waals surface area contributed by atoms with Crippen LogP contribution in [0.4, 0.5) is 11.6 Å². The van der Waals surface area contributed by atoms with E-state index < -0.39 is 44.0 Å². The van der Waals surface area contributed by atoms with Crippen molar-refractivity contribution in [2.45, 2.75) is 46.9 Å². The van der Waals surface area contributed by atoms with Crippen molar-refractivity contribution in [3.63, 3.8) is 0 Å². The summed E-state index contributed by atoms with van der Waals surface area (Å²) in [6.45, 7) is 3.55. The van der Waals surface area contributed by atoms with E-state index in [9.17, 15) is 29.4 Å². The summed E-state index contributed by atoms with van der Waals surface area (Å²) in [7, 11) is 0. The molecule has 1 aromatic carbocycles. The predicted octanol–water partition coefficient (Wildman–Crippen LogP) is 5.17. The highest BCUT2D eigenvalue weighted by Gasteiger charge is 2.50. The largest absolute Gasteiger partial charge is 0.481 e. The minimum atomic E-state index is -1.10. The van der Waals surface area contributed by atoms with Gasteiger partial charge in [0, 0.05) is 10.8 Å². The number of hydrazine groups is 2. The fourth-order valence-electron chi connectivity index (χ4n) is 5.37. The van der Waals surface area contributed by atoms with E-state index in [0.29, 0.717) is 22.3 Å². The van der Waals surface area contributed by atoms with Crippen molar-refractivity contribution in [3.8, 4) is 0 Å². The molecule has 16 heteroatoms. The molecule has 2 amide bonds. The van der Waals surface area contributed by atoms with Gasteiger partial charge in [0.25, 0.3) is 11.8 Å². The van der Waals surface area contributed by atoms with Crippen LogP contribution in [-0.4, -0.2) is 74.4 Å². The highest BCUT2D eigenvalue weighted by molar-refractivity contribution is 8.02. The van der Waals surface area contributed by atoms with Gasteiger partial charge in [-0.25, -0.2) is 10.0 Å². The number of benzene rings is 1. The van der Waals surface area contributed by atoms with Crippen LogP contribution in [0.5, 0.6) is 0 Å². The highest BCUT2D eigenvalue weighted by Crippen LogP contribution is 2.46. The number of nitrogens with zero attached hydrogens (tertiary/aromatic N) is 4. The van der Waals surface area contributed by atoms with Gasteiger partial charge in [0.05, 0.1) is 35.9 Å². The molecule has 0 bridgehead atoms. The molecule has 4 unspecified atom stereocenters. The molecular formula is C32H30N6O8S2. The number of carbonyl (C=O) groups is 4. The molecular weight excluding hydrogens is 661 g/mol. The van der Waals surface area contributed by atoms with E-state index in [2.05, 4.69) is 21.0 Å². The number of hydrogen-bond acceptors (Lipinski definition) is 12. The van der Waals surface area contributed by atoms with Gasteiger partial charge in [-0.1, -0.05) is 24.3 Å². The summed E-state index contributed by atoms with van der Waals surface area (Å²) in [4.78, 5) is 48.2. The van der Waals surface area contributed by atoms with E-state index in [1.54, 1.807) is 86.7 Å². The molecule has 0 radical (unpaired) electrons. The van der Waals surface area contributed by atoms with Crippen molar-refractivity contribution in [3.05, 3.63) is 84.7 Å². The number of thioether (sulfide) groups is 2. The molecule has 0 saturated carbocycles. The maximum Gasteiger partial charge on any atom is 0.305 e. The van der Waals surface area contributed by atoms with Crippen LogP contribution >= 0.6 is 23.5 Å². The first-order chi connectivity index (χ1) is 23.0. The second kappa shape index (κ2) is 13.1. The Bertz CT molecular complexity index is 1780. The molecule has 2 aliphatic rings. The third kappa shape index (κ3) is 6.61. The first-order valence-corrected chi connectivity index (χ1v) is 16.4. The molecule has 2 aliphatic heterocycles. The minimum absolute atomic E-state index is 0.213. The number of aliphatic carboxylic acids is 2. The Kier molecular flexibility index (Phi) is 8.94. The standard InChI is InChI=1S/C32H30N6O8S2/c1-31(13-11-19-7-5-15-45-19)37(29(43)23(47-31)17-25(39)40)35-27-21-9-3-4-10-22(21)28(34-33-27)36-38-30(44)24(18-26(41)42)48-32(38,2)14-12-20-8-6-16-46-20/h3-16,23-24H,17-18H2,1-2H3,(H,33,35)(H,34,36)(H,39,40)(H,41,42)/b13-11+,14-12+. The van der Waals surface area contributed by atoms with Crippen LogP contribution in [0, 0.1) is 0 Å². The molecule has 5 heterocycles. The van der Waals surface area contributed by atoms with Crippen molar-refractivity contribution in [1.82, 2.24) is 20.2 Å². The van der Waals surface area contributed by atoms with E-state index in [0.717, 1.165) is 0 Å². The van der Waals surface area contributed by atoms with Gasteiger partial charge in [-0.15, -0.1) is 33.7 Å². The fraction of sp³-hybridized carbons (Fsp3) is 0.250. The van der Waals surface area contributed by atoms with E-state index in [-0.39, 0.29) is 24.5 Å². The lowest BCUT2D eigenvalue weighted by Gasteiger charge is -2.33. The first-order valence-electron chi connectivity index (χ1n) is 14.7. The van der Waals surface area contributed by atoms with Crippen LogP contribution in [-0.2, 0) is 19.2 Å². The molecule has 248 valence electrons. The maximum atomic E-state index is 13.6. The van der Waals surface area contributed by atoms with E-state index >= 15 is 0 Å². The topological polar surface area (TPSA) is 191 Å². The van der Waals surface area contributed by atoms with Gasteiger partial charge < -0.3 is 19.0 Å². The smallest absolute Gasteiger partial charge is 0.305 e. The number of carboxylic acid groups (broad SMARTS) is 2. The SMILES string of the molecule is CC1(/C=C/c2ccco2)SC(CC(=O)O)C(=O)N1Nc1nnc(NN2C(=O)C(CC(=O)O)SC2(C)/C=C/c2ccco2)c2ccccc12. The summed E-state index contributed by atoms with van der Waals surface area (Å²) >= 11 is 2.36. The summed E-state index contributed by atoms with van der Waals surface area (Å²) in [6, 6.07) is 14.0. The summed E-state index contributed by atoms with van der Waals surface area (Å²) in [5.74, 6) is -1.58. The van der Waals surface area contributed by atoms with Gasteiger partial charge >= 0.3 is 11.9 Å². The molecule has 6 rings (SSSR count). The minimum Gasteiger partial charge on any atom is -0.481 e. The Balaban J connectivity index is 1.33. The first kappa shape index (κ1) is 32.7. The van der Waals surface area contributed by atoms with Gasteiger partial charge in [0.1, 0.15) is 21.3 Å². The van der Waals surface area contributed by atoms with Crippen LogP contribution in [0.3, 0.4) is 0 Å². The molecule has 3 aromatic heterocycles. The van der Waals surface area contributed by atoms with E-state index in [1.165, 1.54) is 46.1 Å². The van der Waals surface area contributed by atoms with E-state index in [1.807, 2.05) is 0 Å². The third-order valence-corrected chi connectivity index (χ3v) is 10.6. The molecule has 4 aromatic rings. The number of aromatic nitrogens is 2. The zero-order valence-electron chi connectivity index (χ0n) is 25.6.